The van der Waals surface area contributed by atoms with Gasteiger partial charge in [0, 0.05) is 17.1 Å². The number of nitrogens with one attached hydrogen (secondary N) is 4. The highest BCUT2D eigenvalue weighted by molar-refractivity contribution is 5.94. The maximum absolute atomic E-state index is 12.5. The molecular formula is C22H30N6O6. The van der Waals surface area contributed by atoms with Crippen LogP contribution in [0.3, 0.4) is 0 Å². The minimum absolute atomic E-state index is 0.255. The molecule has 0 aliphatic carbocycles. The van der Waals surface area contributed by atoms with E-state index in [0.717, 1.165) is 16.5 Å². The molecule has 4 amide bonds. The molecule has 3 atom stereocenters. The van der Waals surface area contributed by atoms with Crippen LogP contribution in [0, 0.1) is 5.92 Å². The molecule has 34 heavy (non-hydrogen) atoms. The molecule has 0 spiro atoms. The smallest absolute Gasteiger partial charge is 0.326 e. The number of carbonyl (C=O) groups excluding carboxylic acids is 4. The first-order valence-electron chi connectivity index (χ1n) is 10.7. The molecule has 3 unspecified atom stereocenters. The number of aromatic amines is 1. The minimum atomic E-state index is -1.52. The summed E-state index contributed by atoms with van der Waals surface area (Å²) in [6, 6.07) is 4.06. The minimum Gasteiger partial charge on any atom is -0.480 e. The predicted molar refractivity (Wildman–Crippen MR) is 123 cm³/mol. The Morgan fingerprint density at radius 3 is 2.35 bits per heavy atom. The number of hydrogen-bond donors (Lipinski definition) is 7. The fourth-order valence-corrected chi connectivity index (χ4v) is 3.35. The van der Waals surface area contributed by atoms with Crippen LogP contribution in [0.25, 0.3) is 10.9 Å². The van der Waals surface area contributed by atoms with Crippen LogP contribution in [0.1, 0.15) is 25.8 Å². The van der Waals surface area contributed by atoms with Crippen LogP contribution in [-0.2, 0) is 30.4 Å². The zero-order valence-corrected chi connectivity index (χ0v) is 19.0. The SMILES string of the molecule is CC(C)C(NC(=O)CNC(=O)C(N)Cc1c[nH]c2ccccc12)C(=O)NC(CC(N)=O)C(=O)O. The highest BCUT2D eigenvalue weighted by atomic mass is 16.4. The molecule has 0 saturated heterocycles. The number of fused-ring (bicyclic) bond motifs is 1. The Bertz CT molecular complexity index is 1070. The first-order chi connectivity index (χ1) is 16.0. The summed E-state index contributed by atoms with van der Waals surface area (Å²) in [5.41, 5.74) is 12.8. The van der Waals surface area contributed by atoms with Crippen molar-refractivity contribution in [3.8, 4) is 0 Å². The van der Waals surface area contributed by atoms with Crippen LogP contribution < -0.4 is 27.4 Å². The monoisotopic (exact) mass is 474 g/mol. The van der Waals surface area contributed by atoms with E-state index in [1.807, 2.05) is 24.3 Å². The molecule has 1 aromatic carbocycles. The molecule has 184 valence electrons. The zero-order valence-electron chi connectivity index (χ0n) is 19.0. The van der Waals surface area contributed by atoms with Crippen molar-refractivity contribution in [3.05, 3.63) is 36.0 Å². The third kappa shape index (κ3) is 7.30. The molecule has 12 nitrogen and oxygen atoms in total. The maximum atomic E-state index is 12.5. The Balaban J connectivity index is 1.90. The van der Waals surface area contributed by atoms with Crippen LogP contribution in [-0.4, -0.2) is 64.4 Å². The van der Waals surface area contributed by atoms with Gasteiger partial charge in [0.1, 0.15) is 12.1 Å². The number of para-hydroxylation sites is 1. The third-order valence-corrected chi connectivity index (χ3v) is 5.16. The first kappa shape index (κ1) is 26.3. The molecule has 0 fully saturated rings. The Labute approximate surface area is 195 Å². The van der Waals surface area contributed by atoms with Gasteiger partial charge < -0.3 is 37.5 Å². The average Bonchev–Trinajstić information content (AvgIpc) is 3.17. The molecule has 0 bridgehead atoms. The third-order valence-electron chi connectivity index (χ3n) is 5.16. The lowest BCUT2D eigenvalue weighted by atomic mass is 10.0. The van der Waals surface area contributed by atoms with Gasteiger partial charge in [0.25, 0.3) is 0 Å². The molecule has 0 saturated carbocycles. The van der Waals surface area contributed by atoms with E-state index in [4.69, 9.17) is 16.6 Å². The van der Waals surface area contributed by atoms with Crippen molar-refractivity contribution in [1.82, 2.24) is 20.9 Å². The number of carboxylic acid groups (broad SMARTS) is 1. The van der Waals surface area contributed by atoms with Gasteiger partial charge in [-0.1, -0.05) is 32.0 Å². The number of carboxylic acids is 1. The van der Waals surface area contributed by atoms with Crippen LogP contribution in [0.15, 0.2) is 30.5 Å². The van der Waals surface area contributed by atoms with Gasteiger partial charge in [-0.15, -0.1) is 0 Å². The second kappa shape index (κ2) is 11.8. The maximum Gasteiger partial charge on any atom is 0.326 e. The van der Waals surface area contributed by atoms with Gasteiger partial charge in [-0.05, 0) is 24.0 Å². The van der Waals surface area contributed by atoms with Crippen molar-refractivity contribution < 1.29 is 29.1 Å². The second-order valence-corrected chi connectivity index (χ2v) is 8.25. The molecule has 0 aliphatic heterocycles. The van der Waals surface area contributed by atoms with E-state index in [0.29, 0.717) is 0 Å². The quantitative estimate of drug-likeness (QED) is 0.198. The Kier molecular flexibility index (Phi) is 9.13. The number of benzene rings is 1. The summed E-state index contributed by atoms with van der Waals surface area (Å²) >= 11 is 0. The number of nitrogens with two attached hydrogens (primary N) is 2. The highest BCUT2D eigenvalue weighted by Crippen LogP contribution is 2.18. The number of hydrogen-bond acceptors (Lipinski definition) is 6. The van der Waals surface area contributed by atoms with Crippen LogP contribution in [0.2, 0.25) is 0 Å². The lowest BCUT2D eigenvalue weighted by Crippen LogP contribution is -2.56. The number of H-pyrrole nitrogens is 1. The van der Waals surface area contributed by atoms with Gasteiger partial charge in [0.05, 0.1) is 19.0 Å². The molecule has 0 radical (unpaired) electrons. The molecule has 1 heterocycles. The van der Waals surface area contributed by atoms with E-state index < -0.39 is 66.6 Å². The molecule has 9 N–H and O–H groups in total. The molecular weight excluding hydrogens is 444 g/mol. The number of rotatable bonds is 12. The Morgan fingerprint density at radius 2 is 1.74 bits per heavy atom. The average molecular weight is 475 g/mol. The number of aliphatic carboxylic acids is 1. The van der Waals surface area contributed by atoms with Crippen molar-refractivity contribution in [1.29, 1.82) is 0 Å². The summed E-state index contributed by atoms with van der Waals surface area (Å²) in [5, 5.41) is 17.2. The first-order valence-corrected chi connectivity index (χ1v) is 10.7. The van der Waals surface area contributed by atoms with Crippen molar-refractivity contribution in [2.75, 3.05) is 6.54 Å². The summed E-state index contributed by atoms with van der Waals surface area (Å²) in [7, 11) is 0. The van der Waals surface area contributed by atoms with Crippen LogP contribution in [0.4, 0.5) is 0 Å². The number of amides is 4. The predicted octanol–water partition coefficient (Wildman–Crippen LogP) is -1.26. The van der Waals surface area contributed by atoms with E-state index in [1.165, 1.54) is 0 Å². The van der Waals surface area contributed by atoms with Crippen LogP contribution in [0.5, 0.6) is 0 Å². The van der Waals surface area contributed by atoms with E-state index >= 15 is 0 Å². The highest BCUT2D eigenvalue weighted by Gasteiger charge is 2.29. The van der Waals surface area contributed by atoms with Gasteiger partial charge in [0.2, 0.25) is 23.6 Å². The molecule has 2 aromatic rings. The van der Waals surface area contributed by atoms with Gasteiger partial charge in [-0.2, -0.15) is 0 Å². The summed E-state index contributed by atoms with van der Waals surface area (Å²) in [4.78, 5) is 62.6. The van der Waals surface area contributed by atoms with Gasteiger partial charge in [0.15, 0.2) is 0 Å². The summed E-state index contributed by atoms with van der Waals surface area (Å²) in [6.07, 6.45) is 1.44. The zero-order chi connectivity index (χ0) is 25.4. The van der Waals surface area contributed by atoms with Crippen LogP contribution >= 0.6 is 0 Å². The van der Waals surface area contributed by atoms with Crippen molar-refractivity contribution in [3.63, 3.8) is 0 Å². The van der Waals surface area contributed by atoms with Crippen molar-refractivity contribution in [2.24, 2.45) is 17.4 Å². The number of carbonyl (C=O) groups is 5. The fourth-order valence-electron chi connectivity index (χ4n) is 3.35. The van der Waals surface area contributed by atoms with E-state index in [1.54, 1.807) is 20.0 Å². The summed E-state index contributed by atoms with van der Waals surface area (Å²) in [6.45, 7) is 2.86. The molecule has 0 aliphatic rings. The largest absolute Gasteiger partial charge is 0.480 e. The molecule has 2 rings (SSSR count). The molecule has 12 heteroatoms. The van der Waals surface area contributed by atoms with Gasteiger partial charge in [-0.3, -0.25) is 19.2 Å². The van der Waals surface area contributed by atoms with Crippen molar-refractivity contribution in [2.45, 2.75) is 44.8 Å². The summed E-state index contributed by atoms with van der Waals surface area (Å²) in [5.74, 6) is -4.74. The second-order valence-electron chi connectivity index (χ2n) is 8.25. The standard InChI is InChI=1S/C22H30N6O6/c1-11(2)19(21(32)27-16(22(33)34)8-17(24)29)28-18(30)10-26-20(31)14(23)7-12-9-25-15-6-4-3-5-13(12)15/h3-6,9,11,14,16,19,25H,7-8,10,23H2,1-2H3,(H2,24,29)(H,26,31)(H,27,32)(H,28,30)(H,33,34). The normalized spacial score (nSPS) is 13.6. The van der Waals surface area contributed by atoms with Crippen molar-refractivity contribution >= 4 is 40.5 Å². The van der Waals surface area contributed by atoms with E-state index in [-0.39, 0.29) is 6.42 Å². The molecule has 1 aromatic heterocycles. The number of aromatic nitrogens is 1. The summed E-state index contributed by atoms with van der Waals surface area (Å²) < 4.78 is 0. The van der Waals surface area contributed by atoms with Gasteiger partial charge >= 0.3 is 5.97 Å². The fraction of sp³-hybridized carbons (Fsp3) is 0.409. The topological polar surface area (TPSA) is 209 Å². The van der Waals surface area contributed by atoms with E-state index in [9.17, 15) is 24.0 Å². The van der Waals surface area contributed by atoms with E-state index in [2.05, 4.69) is 20.9 Å². The lowest BCUT2D eigenvalue weighted by Gasteiger charge is -2.24. The van der Waals surface area contributed by atoms with Gasteiger partial charge in [-0.25, -0.2) is 4.79 Å². The Morgan fingerprint density at radius 1 is 1.06 bits per heavy atom. The lowest BCUT2D eigenvalue weighted by molar-refractivity contribution is -0.144. The number of primary amides is 1. The Hall–Kier alpha value is -3.93.